The molecule has 3 fully saturated rings. The molecule has 2 amide bonds. The first-order valence-electron chi connectivity index (χ1n) is 12.3. The molecule has 1 aliphatic carbocycles. The molecule has 1 atom stereocenters. The van der Waals surface area contributed by atoms with E-state index in [0.717, 1.165) is 69.8 Å². The summed E-state index contributed by atoms with van der Waals surface area (Å²) in [5, 5.41) is 3.09. The van der Waals surface area contributed by atoms with E-state index in [2.05, 4.69) is 34.3 Å². The molecule has 0 radical (unpaired) electrons. The summed E-state index contributed by atoms with van der Waals surface area (Å²) < 4.78 is 0. The minimum absolute atomic E-state index is 0.0628. The summed E-state index contributed by atoms with van der Waals surface area (Å²) >= 11 is 1.69. The fourth-order valence-electron chi connectivity index (χ4n) is 5.39. The lowest BCUT2D eigenvalue weighted by atomic mass is 9.90. The molecule has 2 aromatic rings. The Morgan fingerprint density at radius 1 is 0.912 bits per heavy atom. The Hall–Kier alpha value is -2.51. The predicted octanol–water partition coefficient (Wildman–Crippen LogP) is 4.04. The molecule has 0 aromatic heterocycles. The monoisotopic (exact) mass is 478 g/mol. The third-order valence-corrected chi connectivity index (χ3v) is 8.64. The molecule has 2 aromatic carbocycles. The molecule has 1 spiro atoms. The van der Waals surface area contributed by atoms with Crippen molar-refractivity contribution in [1.82, 2.24) is 9.80 Å². The van der Waals surface area contributed by atoms with E-state index in [0.29, 0.717) is 0 Å². The van der Waals surface area contributed by atoms with Gasteiger partial charge in [0.25, 0.3) is 5.91 Å². The first-order valence-corrected chi connectivity index (χ1v) is 13.5. The summed E-state index contributed by atoms with van der Waals surface area (Å²) in [6, 6.07) is 16.1. The van der Waals surface area contributed by atoms with Gasteiger partial charge in [-0.1, -0.05) is 0 Å². The lowest BCUT2D eigenvalue weighted by molar-refractivity contribution is -0.118. The van der Waals surface area contributed by atoms with Crippen LogP contribution in [0.25, 0.3) is 0 Å². The second kappa shape index (κ2) is 9.62. The van der Waals surface area contributed by atoms with E-state index >= 15 is 0 Å². The van der Waals surface area contributed by atoms with E-state index in [9.17, 15) is 9.59 Å². The SMILES string of the molecule is CSc1ccc(NC(=O)[C@H]2CC23CCN(C(=O)c2ccc(N4CCN(C)CC4)cc2)CC3)cc1. The molecule has 0 unspecified atom stereocenters. The summed E-state index contributed by atoms with van der Waals surface area (Å²) in [5.41, 5.74) is 2.88. The van der Waals surface area contributed by atoms with Gasteiger partial charge in [-0.15, -0.1) is 11.8 Å². The van der Waals surface area contributed by atoms with Gasteiger partial charge < -0.3 is 20.0 Å². The van der Waals surface area contributed by atoms with Crippen molar-refractivity contribution < 1.29 is 9.59 Å². The Kier molecular flexibility index (Phi) is 6.58. The number of piperazine rings is 1. The number of benzene rings is 2. The fraction of sp³-hybridized carbons (Fsp3) is 0.481. The van der Waals surface area contributed by atoms with E-state index < -0.39 is 0 Å². The zero-order valence-corrected chi connectivity index (χ0v) is 20.9. The average Bonchev–Trinajstić information content (AvgIpc) is 3.58. The zero-order valence-electron chi connectivity index (χ0n) is 20.1. The molecule has 1 saturated carbocycles. The zero-order chi connectivity index (χ0) is 23.7. The van der Waals surface area contributed by atoms with Crippen LogP contribution in [0.1, 0.15) is 29.6 Å². The van der Waals surface area contributed by atoms with Gasteiger partial charge in [-0.2, -0.15) is 0 Å². The number of likely N-dealkylation sites (N-methyl/N-ethyl adjacent to an activating group) is 1. The molecule has 1 N–H and O–H groups in total. The van der Waals surface area contributed by atoms with Gasteiger partial charge >= 0.3 is 0 Å². The molecule has 5 rings (SSSR count). The Bertz CT molecular complexity index is 1020. The lowest BCUT2D eigenvalue weighted by Crippen LogP contribution is -2.44. The first-order chi connectivity index (χ1) is 16.5. The molecule has 2 heterocycles. The molecule has 2 saturated heterocycles. The second-order valence-corrected chi connectivity index (χ2v) is 10.8. The predicted molar refractivity (Wildman–Crippen MR) is 139 cm³/mol. The van der Waals surface area contributed by atoms with Crippen LogP contribution in [-0.4, -0.2) is 74.2 Å². The van der Waals surface area contributed by atoms with Crippen LogP contribution in [0.15, 0.2) is 53.4 Å². The summed E-state index contributed by atoms with van der Waals surface area (Å²) in [7, 11) is 2.16. The number of carbonyl (C=O) groups excluding carboxylic acids is 2. The number of likely N-dealkylation sites (tertiary alicyclic amines) is 1. The van der Waals surface area contributed by atoms with Crippen LogP contribution in [-0.2, 0) is 4.79 Å². The van der Waals surface area contributed by atoms with Crippen molar-refractivity contribution in [2.75, 3.05) is 62.8 Å². The third kappa shape index (κ3) is 4.82. The van der Waals surface area contributed by atoms with Crippen molar-refractivity contribution in [2.24, 2.45) is 11.3 Å². The number of thioether (sulfide) groups is 1. The number of nitrogens with one attached hydrogen (secondary N) is 1. The van der Waals surface area contributed by atoms with Crippen molar-refractivity contribution >= 4 is 35.0 Å². The van der Waals surface area contributed by atoms with Gasteiger partial charge in [-0.3, -0.25) is 9.59 Å². The Morgan fingerprint density at radius 2 is 1.56 bits per heavy atom. The van der Waals surface area contributed by atoms with E-state index in [1.165, 1.54) is 10.6 Å². The standard InChI is InChI=1S/C27H34N4O2S/c1-29-15-17-30(18-16-29)22-7-3-20(4-8-22)26(33)31-13-11-27(12-14-31)19-24(27)25(32)28-21-5-9-23(34-2)10-6-21/h3-10,24H,11-19H2,1-2H3,(H,28,32)/t24-/m1/s1. The topological polar surface area (TPSA) is 55.9 Å². The Morgan fingerprint density at radius 3 is 2.18 bits per heavy atom. The van der Waals surface area contributed by atoms with Crippen molar-refractivity contribution in [3.63, 3.8) is 0 Å². The maximum atomic E-state index is 13.1. The highest BCUT2D eigenvalue weighted by molar-refractivity contribution is 7.98. The number of hydrogen-bond donors (Lipinski definition) is 1. The Labute approximate surface area is 206 Å². The number of amides is 2. The maximum absolute atomic E-state index is 13.1. The summed E-state index contributed by atoms with van der Waals surface area (Å²) in [6.07, 6.45) is 4.79. The number of carbonyl (C=O) groups is 2. The molecular weight excluding hydrogens is 444 g/mol. The molecule has 3 aliphatic rings. The van der Waals surface area contributed by atoms with Crippen LogP contribution in [0.4, 0.5) is 11.4 Å². The quantitative estimate of drug-likeness (QED) is 0.658. The van der Waals surface area contributed by atoms with Crippen LogP contribution < -0.4 is 10.2 Å². The highest BCUT2D eigenvalue weighted by atomic mass is 32.2. The van der Waals surface area contributed by atoms with Crippen LogP contribution in [0.5, 0.6) is 0 Å². The van der Waals surface area contributed by atoms with Gasteiger partial charge in [0.05, 0.1) is 0 Å². The van der Waals surface area contributed by atoms with Gasteiger partial charge in [-0.05, 0) is 86.5 Å². The molecule has 34 heavy (non-hydrogen) atoms. The minimum Gasteiger partial charge on any atom is -0.369 e. The lowest BCUT2D eigenvalue weighted by Gasteiger charge is -2.34. The molecular formula is C27H34N4O2S. The van der Waals surface area contributed by atoms with Crippen molar-refractivity contribution in [3.8, 4) is 0 Å². The number of piperidine rings is 1. The highest BCUT2D eigenvalue weighted by Gasteiger charge is 2.58. The minimum atomic E-state index is 0.0628. The third-order valence-electron chi connectivity index (χ3n) is 7.89. The van der Waals surface area contributed by atoms with E-state index in [4.69, 9.17) is 0 Å². The van der Waals surface area contributed by atoms with Crippen LogP contribution in [0.2, 0.25) is 0 Å². The maximum Gasteiger partial charge on any atom is 0.253 e. The van der Waals surface area contributed by atoms with Gasteiger partial charge in [0.1, 0.15) is 0 Å². The van der Waals surface area contributed by atoms with Crippen molar-refractivity contribution in [2.45, 2.75) is 24.2 Å². The normalized spacial score (nSPS) is 22.0. The van der Waals surface area contributed by atoms with Crippen LogP contribution in [0, 0.1) is 11.3 Å². The molecule has 180 valence electrons. The van der Waals surface area contributed by atoms with Gasteiger partial charge in [-0.25, -0.2) is 0 Å². The second-order valence-electron chi connectivity index (χ2n) is 9.97. The summed E-state index contributed by atoms with van der Waals surface area (Å²) in [4.78, 5) is 33.8. The molecule has 7 heteroatoms. The van der Waals surface area contributed by atoms with E-state index in [-0.39, 0.29) is 23.1 Å². The highest BCUT2D eigenvalue weighted by Crippen LogP contribution is 2.59. The molecule has 6 nitrogen and oxygen atoms in total. The van der Waals surface area contributed by atoms with Crippen molar-refractivity contribution in [1.29, 1.82) is 0 Å². The van der Waals surface area contributed by atoms with Crippen LogP contribution >= 0.6 is 11.8 Å². The van der Waals surface area contributed by atoms with Gasteiger partial charge in [0, 0.05) is 67.0 Å². The summed E-state index contributed by atoms with van der Waals surface area (Å²) in [6.45, 7) is 5.64. The largest absolute Gasteiger partial charge is 0.369 e. The molecule has 2 aliphatic heterocycles. The van der Waals surface area contributed by atoms with Gasteiger partial charge in [0.2, 0.25) is 5.91 Å². The smallest absolute Gasteiger partial charge is 0.253 e. The molecule has 0 bridgehead atoms. The van der Waals surface area contributed by atoms with E-state index in [1.807, 2.05) is 47.6 Å². The summed E-state index contributed by atoms with van der Waals surface area (Å²) in [5.74, 6) is 0.291. The fourth-order valence-corrected chi connectivity index (χ4v) is 5.80. The van der Waals surface area contributed by atoms with Crippen LogP contribution in [0.3, 0.4) is 0 Å². The first kappa shape index (κ1) is 23.2. The van der Waals surface area contributed by atoms with Crippen molar-refractivity contribution in [3.05, 3.63) is 54.1 Å². The number of anilines is 2. The number of nitrogens with zero attached hydrogens (tertiary/aromatic N) is 3. The van der Waals surface area contributed by atoms with Gasteiger partial charge in [0.15, 0.2) is 0 Å². The number of rotatable bonds is 5. The number of hydrogen-bond acceptors (Lipinski definition) is 5. The Balaban J connectivity index is 1.12. The average molecular weight is 479 g/mol. The van der Waals surface area contributed by atoms with E-state index in [1.54, 1.807) is 11.8 Å².